The number of rotatable bonds is 4. The van der Waals surface area contributed by atoms with Gasteiger partial charge in [-0.05, 0) is 37.3 Å². The van der Waals surface area contributed by atoms with Crippen molar-refractivity contribution in [2.75, 3.05) is 0 Å². The SMILES string of the molecule is CCC/C=C\C(C1=CCCC=C1)=C(\C)N. The lowest BCUT2D eigenvalue weighted by Crippen LogP contribution is -1.99. The van der Waals surface area contributed by atoms with Crippen molar-refractivity contribution in [3.05, 3.63) is 47.2 Å². The zero-order valence-corrected chi connectivity index (χ0v) is 9.79. The Balaban J connectivity index is 2.80. The molecule has 0 saturated heterocycles. The van der Waals surface area contributed by atoms with Crippen LogP contribution in [-0.2, 0) is 0 Å². The first-order valence-electron chi connectivity index (χ1n) is 5.75. The lowest BCUT2D eigenvalue weighted by atomic mass is 9.97. The minimum Gasteiger partial charge on any atom is -0.402 e. The van der Waals surface area contributed by atoms with Crippen molar-refractivity contribution in [2.24, 2.45) is 5.73 Å². The Labute approximate surface area is 93.1 Å². The molecule has 0 aliphatic heterocycles. The lowest BCUT2D eigenvalue weighted by Gasteiger charge is -2.10. The second-order valence-electron chi connectivity index (χ2n) is 3.93. The molecule has 0 atom stereocenters. The Morgan fingerprint density at radius 2 is 2.27 bits per heavy atom. The van der Waals surface area contributed by atoms with E-state index in [0.29, 0.717) is 0 Å². The van der Waals surface area contributed by atoms with Crippen molar-refractivity contribution in [1.82, 2.24) is 0 Å². The third-order valence-electron chi connectivity index (χ3n) is 2.47. The van der Waals surface area contributed by atoms with Gasteiger partial charge < -0.3 is 5.73 Å². The largest absolute Gasteiger partial charge is 0.402 e. The molecule has 0 amide bonds. The van der Waals surface area contributed by atoms with Gasteiger partial charge in [0.1, 0.15) is 0 Å². The minimum absolute atomic E-state index is 0.903. The lowest BCUT2D eigenvalue weighted by molar-refractivity contribution is 0.956. The summed E-state index contributed by atoms with van der Waals surface area (Å²) in [4.78, 5) is 0. The molecule has 82 valence electrons. The second kappa shape index (κ2) is 6.28. The zero-order valence-electron chi connectivity index (χ0n) is 9.79. The summed E-state index contributed by atoms with van der Waals surface area (Å²) in [7, 11) is 0. The van der Waals surface area contributed by atoms with Crippen LogP contribution in [0.5, 0.6) is 0 Å². The normalized spacial score (nSPS) is 17.9. The summed E-state index contributed by atoms with van der Waals surface area (Å²) in [6.07, 6.45) is 15.6. The van der Waals surface area contributed by atoms with E-state index in [0.717, 1.165) is 25.0 Å². The van der Waals surface area contributed by atoms with Crippen LogP contribution in [0.3, 0.4) is 0 Å². The molecule has 2 N–H and O–H groups in total. The van der Waals surface area contributed by atoms with Gasteiger partial charge in [0.05, 0.1) is 0 Å². The molecule has 1 aliphatic rings. The van der Waals surface area contributed by atoms with Gasteiger partial charge in [0.15, 0.2) is 0 Å². The van der Waals surface area contributed by atoms with Gasteiger partial charge in [-0.2, -0.15) is 0 Å². The van der Waals surface area contributed by atoms with Crippen molar-refractivity contribution < 1.29 is 0 Å². The van der Waals surface area contributed by atoms with E-state index in [2.05, 4.69) is 37.3 Å². The average Bonchev–Trinajstić information content (AvgIpc) is 2.25. The third kappa shape index (κ3) is 3.78. The number of nitrogens with two attached hydrogens (primary N) is 1. The smallest absolute Gasteiger partial charge is 0.0128 e. The van der Waals surface area contributed by atoms with Crippen LogP contribution in [-0.4, -0.2) is 0 Å². The summed E-state index contributed by atoms with van der Waals surface area (Å²) in [5.41, 5.74) is 9.26. The van der Waals surface area contributed by atoms with Gasteiger partial charge >= 0.3 is 0 Å². The molecule has 0 bridgehead atoms. The summed E-state index contributed by atoms with van der Waals surface area (Å²) in [6.45, 7) is 4.15. The molecule has 15 heavy (non-hydrogen) atoms. The fourth-order valence-electron chi connectivity index (χ4n) is 1.64. The van der Waals surface area contributed by atoms with Crippen molar-refractivity contribution in [3.63, 3.8) is 0 Å². The molecular formula is C14H21N. The predicted octanol–water partition coefficient (Wildman–Crippen LogP) is 3.85. The number of unbranched alkanes of at least 4 members (excludes halogenated alkanes) is 1. The van der Waals surface area contributed by atoms with Crippen LogP contribution >= 0.6 is 0 Å². The fourth-order valence-corrected chi connectivity index (χ4v) is 1.64. The molecule has 0 aromatic carbocycles. The van der Waals surface area contributed by atoms with Gasteiger partial charge in [-0.25, -0.2) is 0 Å². The van der Waals surface area contributed by atoms with Gasteiger partial charge in [-0.3, -0.25) is 0 Å². The molecule has 0 fully saturated rings. The van der Waals surface area contributed by atoms with Crippen molar-refractivity contribution in [2.45, 2.75) is 39.5 Å². The monoisotopic (exact) mass is 203 g/mol. The van der Waals surface area contributed by atoms with Crippen LogP contribution in [0.2, 0.25) is 0 Å². The maximum Gasteiger partial charge on any atom is 0.0128 e. The molecule has 1 aliphatic carbocycles. The van der Waals surface area contributed by atoms with Crippen LogP contribution < -0.4 is 5.73 Å². The number of hydrogen-bond acceptors (Lipinski definition) is 1. The highest BCUT2D eigenvalue weighted by Crippen LogP contribution is 2.20. The summed E-state index contributed by atoms with van der Waals surface area (Å²) in [5.74, 6) is 0. The van der Waals surface area contributed by atoms with Gasteiger partial charge in [0.25, 0.3) is 0 Å². The van der Waals surface area contributed by atoms with E-state index in [4.69, 9.17) is 5.73 Å². The first-order valence-corrected chi connectivity index (χ1v) is 5.75. The minimum atomic E-state index is 0.903. The molecule has 0 radical (unpaired) electrons. The summed E-state index contributed by atoms with van der Waals surface area (Å²) in [6, 6.07) is 0. The average molecular weight is 203 g/mol. The first-order chi connectivity index (χ1) is 7.25. The molecule has 0 aromatic rings. The molecule has 0 spiro atoms. The highest BCUT2D eigenvalue weighted by Gasteiger charge is 2.03. The van der Waals surface area contributed by atoms with E-state index < -0.39 is 0 Å². The van der Waals surface area contributed by atoms with E-state index in [1.807, 2.05) is 6.92 Å². The number of allylic oxidation sites excluding steroid dienone is 8. The third-order valence-corrected chi connectivity index (χ3v) is 2.47. The Hall–Kier alpha value is -1.24. The van der Waals surface area contributed by atoms with E-state index in [-0.39, 0.29) is 0 Å². The van der Waals surface area contributed by atoms with E-state index in [1.165, 1.54) is 17.6 Å². The quantitative estimate of drug-likeness (QED) is 0.690. The van der Waals surface area contributed by atoms with Gasteiger partial charge in [0.2, 0.25) is 0 Å². The molecule has 0 unspecified atom stereocenters. The van der Waals surface area contributed by atoms with Crippen molar-refractivity contribution in [1.29, 1.82) is 0 Å². The van der Waals surface area contributed by atoms with Crippen molar-refractivity contribution >= 4 is 0 Å². The predicted molar refractivity (Wildman–Crippen MR) is 67.4 cm³/mol. The van der Waals surface area contributed by atoms with Crippen LogP contribution in [0.15, 0.2) is 47.2 Å². The van der Waals surface area contributed by atoms with Crippen molar-refractivity contribution in [3.8, 4) is 0 Å². The Bertz CT molecular complexity index is 312. The molecule has 0 aromatic heterocycles. The van der Waals surface area contributed by atoms with Gasteiger partial charge in [-0.1, -0.05) is 43.7 Å². The molecule has 1 heteroatoms. The maximum absolute atomic E-state index is 5.90. The second-order valence-corrected chi connectivity index (χ2v) is 3.93. The Morgan fingerprint density at radius 3 is 2.80 bits per heavy atom. The molecule has 0 heterocycles. The topological polar surface area (TPSA) is 26.0 Å². The van der Waals surface area contributed by atoms with Crippen LogP contribution in [0.1, 0.15) is 39.5 Å². The van der Waals surface area contributed by atoms with E-state index in [9.17, 15) is 0 Å². The van der Waals surface area contributed by atoms with Crippen LogP contribution in [0.25, 0.3) is 0 Å². The fraction of sp³-hybridized carbons (Fsp3) is 0.429. The molecule has 1 rings (SSSR count). The molecular weight excluding hydrogens is 182 g/mol. The maximum atomic E-state index is 5.90. The Kier molecular flexibility index (Phi) is 4.96. The molecule has 1 nitrogen and oxygen atoms in total. The van der Waals surface area contributed by atoms with Gasteiger partial charge in [0, 0.05) is 5.70 Å². The highest BCUT2D eigenvalue weighted by atomic mass is 14.6. The van der Waals surface area contributed by atoms with Gasteiger partial charge in [-0.15, -0.1) is 0 Å². The summed E-state index contributed by atoms with van der Waals surface area (Å²) < 4.78 is 0. The Morgan fingerprint density at radius 1 is 1.47 bits per heavy atom. The summed E-state index contributed by atoms with van der Waals surface area (Å²) in [5, 5.41) is 0. The van der Waals surface area contributed by atoms with E-state index >= 15 is 0 Å². The van der Waals surface area contributed by atoms with E-state index in [1.54, 1.807) is 0 Å². The summed E-state index contributed by atoms with van der Waals surface area (Å²) >= 11 is 0. The molecule has 0 saturated carbocycles. The number of hydrogen-bond donors (Lipinski definition) is 1. The zero-order chi connectivity index (χ0) is 11.1. The standard InChI is InChI=1S/C14H21N/c1-3-4-6-11-14(12(2)15)13-9-7-5-8-10-13/h6-7,9-11H,3-5,8,15H2,1-2H3/b11-6-,14-12+. The highest BCUT2D eigenvalue weighted by molar-refractivity contribution is 5.49. The van der Waals surface area contributed by atoms with Crippen LogP contribution in [0, 0.1) is 0 Å². The van der Waals surface area contributed by atoms with Crippen LogP contribution in [0.4, 0.5) is 0 Å². The first kappa shape index (κ1) is 11.8.